The molecule has 0 radical (unpaired) electrons. The number of aryl methyl sites for hydroxylation is 1. The van der Waals surface area contributed by atoms with Crippen LogP contribution in [0.2, 0.25) is 0 Å². The SMILES string of the molecule is CCCC(CN)c1ccc2c(c1)CC[C@H](CSCC(C)(C)C)C2.CO. The molecule has 25 heavy (non-hydrogen) atoms. The third kappa shape index (κ3) is 7.72. The Labute approximate surface area is 160 Å². The van der Waals surface area contributed by atoms with Crippen molar-refractivity contribution in [3.05, 3.63) is 34.9 Å². The smallest absolute Gasteiger partial charge is 0.0319 e. The molecule has 1 aromatic carbocycles. The number of thioether (sulfide) groups is 1. The van der Waals surface area contributed by atoms with Crippen molar-refractivity contribution in [2.75, 3.05) is 25.2 Å². The Morgan fingerprint density at radius 2 is 1.96 bits per heavy atom. The molecule has 2 atom stereocenters. The van der Waals surface area contributed by atoms with Crippen LogP contribution >= 0.6 is 11.8 Å². The Kier molecular flexibility index (Phi) is 10.1. The fourth-order valence-electron chi connectivity index (χ4n) is 3.55. The van der Waals surface area contributed by atoms with Gasteiger partial charge in [-0.2, -0.15) is 11.8 Å². The first kappa shape index (κ1) is 22.5. The Hall–Kier alpha value is -0.510. The number of aliphatic hydroxyl groups excluding tert-OH is 1. The lowest BCUT2D eigenvalue weighted by Gasteiger charge is -2.27. The maximum absolute atomic E-state index is 7.00. The number of hydrogen-bond donors (Lipinski definition) is 2. The number of aliphatic hydroxyl groups is 1. The highest BCUT2D eigenvalue weighted by molar-refractivity contribution is 7.99. The molecule has 0 saturated carbocycles. The summed E-state index contributed by atoms with van der Waals surface area (Å²) < 4.78 is 0. The van der Waals surface area contributed by atoms with Crippen LogP contribution < -0.4 is 5.73 Å². The molecule has 0 fully saturated rings. The van der Waals surface area contributed by atoms with E-state index in [1.165, 1.54) is 49.2 Å². The first-order valence-corrected chi connectivity index (χ1v) is 10.9. The number of nitrogens with two attached hydrogens (primary N) is 1. The summed E-state index contributed by atoms with van der Waals surface area (Å²) in [6.45, 7) is 10.0. The molecule has 2 rings (SSSR count). The van der Waals surface area contributed by atoms with E-state index in [0.717, 1.165) is 19.6 Å². The number of rotatable bonds is 7. The van der Waals surface area contributed by atoms with E-state index in [1.54, 1.807) is 11.1 Å². The lowest BCUT2D eigenvalue weighted by atomic mass is 9.82. The van der Waals surface area contributed by atoms with E-state index in [1.807, 2.05) is 0 Å². The summed E-state index contributed by atoms with van der Waals surface area (Å²) in [5.41, 5.74) is 11.1. The van der Waals surface area contributed by atoms with Crippen LogP contribution in [-0.4, -0.2) is 30.3 Å². The molecule has 1 unspecified atom stereocenters. The monoisotopic (exact) mass is 365 g/mol. The molecule has 2 nitrogen and oxygen atoms in total. The first-order chi connectivity index (χ1) is 11.9. The molecule has 3 N–H and O–H groups in total. The van der Waals surface area contributed by atoms with Crippen LogP contribution in [0.3, 0.4) is 0 Å². The van der Waals surface area contributed by atoms with Gasteiger partial charge in [-0.15, -0.1) is 0 Å². The van der Waals surface area contributed by atoms with E-state index in [0.29, 0.717) is 11.3 Å². The van der Waals surface area contributed by atoms with Crippen molar-refractivity contribution < 1.29 is 5.11 Å². The van der Waals surface area contributed by atoms with Crippen molar-refractivity contribution in [1.29, 1.82) is 0 Å². The fourth-order valence-corrected chi connectivity index (χ4v) is 4.90. The maximum atomic E-state index is 7.00. The van der Waals surface area contributed by atoms with Gasteiger partial charge in [-0.1, -0.05) is 52.3 Å². The molecule has 0 amide bonds. The molecule has 0 aromatic heterocycles. The second-order valence-electron chi connectivity index (χ2n) is 8.43. The third-order valence-corrected chi connectivity index (χ3v) is 6.62. The first-order valence-electron chi connectivity index (χ1n) is 9.77. The minimum absolute atomic E-state index is 0.447. The van der Waals surface area contributed by atoms with Crippen LogP contribution in [0.25, 0.3) is 0 Å². The van der Waals surface area contributed by atoms with Gasteiger partial charge >= 0.3 is 0 Å². The molecule has 1 aliphatic carbocycles. The molecule has 0 aliphatic heterocycles. The van der Waals surface area contributed by atoms with Gasteiger partial charge in [0.25, 0.3) is 0 Å². The summed E-state index contributed by atoms with van der Waals surface area (Å²) in [7, 11) is 1.00. The van der Waals surface area contributed by atoms with E-state index in [9.17, 15) is 0 Å². The van der Waals surface area contributed by atoms with E-state index < -0.39 is 0 Å². The summed E-state index contributed by atoms with van der Waals surface area (Å²) >= 11 is 2.14. The van der Waals surface area contributed by atoms with Gasteiger partial charge in [0.15, 0.2) is 0 Å². The number of benzene rings is 1. The fraction of sp³-hybridized carbons (Fsp3) is 0.727. The summed E-state index contributed by atoms with van der Waals surface area (Å²) in [6, 6.07) is 7.20. The highest BCUT2D eigenvalue weighted by Crippen LogP contribution is 2.32. The van der Waals surface area contributed by atoms with Gasteiger partial charge in [0, 0.05) is 7.11 Å². The molecule has 144 valence electrons. The van der Waals surface area contributed by atoms with Gasteiger partial charge in [-0.25, -0.2) is 0 Å². The van der Waals surface area contributed by atoms with Gasteiger partial charge in [0.05, 0.1) is 0 Å². The zero-order chi connectivity index (χ0) is 18.9. The molecule has 3 heteroatoms. The van der Waals surface area contributed by atoms with Crippen LogP contribution in [-0.2, 0) is 12.8 Å². The molecule has 1 aliphatic rings. The zero-order valence-corrected chi connectivity index (χ0v) is 17.8. The third-order valence-electron chi connectivity index (χ3n) is 4.84. The Balaban J connectivity index is 0.00000151. The zero-order valence-electron chi connectivity index (χ0n) is 17.0. The molecule has 0 saturated heterocycles. The highest BCUT2D eigenvalue weighted by atomic mass is 32.2. The highest BCUT2D eigenvalue weighted by Gasteiger charge is 2.21. The van der Waals surface area contributed by atoms with Crippen molar-refractivity contribution in [3.63, 3.8) is 0 Å². The predicted molar refractivity (Wildman–Crippen MR) is 114 cm³/mol. The Morgan fingerprint density at radius 3 is 2.56 bits per heavy atom. The largest absolute Gasteiger partial charge is 0.400 e. The number of fused-ring (bicyclic) bond motifs is 1. The maximum Gasteiger partial charge on any atom is 0.0319 e. The van der Waals surface area contributed by atoms with E-state index in [4.69, 9.17) is 10.8 Å². The van der Waals surface area contributed by atoms with Gasteiger partial charge in [-0.05, 0) is 77.7 Å². The molecular weight excluding hydrogens is 326 g/mol. The topological polar surface area (TPSA) is 46.2 Å². The van der Waals surface area contributed by atoms with Gasteiger partial charge < -0.3 is 10.8 Å². The molecule has 0 bridgehead atoms. The Bertz CT molecular complexity index is 495. The lowest BCUT2D eigenvalue weighted by Crippen LogP contribution is -2.19. The van der Waals surface area contributed by atoms with Crippen LogP contribution in [0.15, 0.2) is 18.2 Å². The lowest BCUT2D eigenvalue weighted by molar-refractivity contribution is 0.399. The van der Waals surface area contributed by atoms with E-state index in [-0.39, 0.29) is 0 Å². The average molecular weight is 366 g/mol. The van der Waals surface area contributed by atoms with Crippen LogP contribution in [0.5, 0.6) is 0 Å². The van der Waals surface area contributed by atoms with Crippen LogP contribution in [0.4, 0.5) is 0 Å². The molecule has 0 heterocycles. The van der Waals surface area contributed by atoms with Gasteiger partial charge in [0.1, 0.15) is 0 Å². The second-order valence-corrected chi connectivity index (χ2v) is 9.46. The second kappa shape index (κ2) is 11.3. The van der Waals surface area contributed by atoms with Crippen LogP contribution in [0.1, 0.15) is 69.6 Å². The van der Waals surface area contributed by atoms with Crippen molar-refractivity contribution in [3.8, 4) is 0 Å². The van der Waals surface area contributed by atoms with E-state index >= 15 is 0 Å². The molecule has 0 spiro atoms. The number of hydrogen-bond acceptors (Lipinski definition) is 3. The Morgan fingerprint density at radius 1 is 1.24 bits per heavy atom. The summed E-state index contributed by atoms with van der Waals surface area (Å²) in [5.74, 6) is 4.00. The normalized spacial score (nSPS) is 18.1. The standard InChI is InChI=1S/C21H35NS.CH4O/c1-5-6-20(13-22)19-10-9-17-11-16(7-8-18(17)12-19)14-23-15-21(2,3)4;1-2/h9-10,12,16,20H,5-8,11,13-15,22H2,1-4H3;2H,1H3/t16-,20?;/m0./s1. The molecule has 1 aromatic rings. The minimum Gasteiger partial charge on any atom is -0.400 e. The minimum atomic E-state index is 0.447. The summed E-state index contributed by atoms with van der Waals surface area (Å²) in [6.07, 6.45) is 6.31. The van der Waals surface area contributed by atoms with Gasteiger partial charge in [-0.3, -0.25) is 0 Å². The summed E-state index contributed by atoms with van der Waals surface area (Å²) in [5, 5.41) is 7.00. The predicted octanol–water partition coefficient (Wildman–Crippen LogP) is 5.02. The quantitative estimate of drug-likeness (QED) is 0.713. The van der Waals surface area contributed by atoms with Crippen molar-refractivity contribution >= 4 is 11.8 Å². The van der Waals surface area contributed by atoms with Crippen molar-refractivity contribution in [2.24, 2.45) is 17.1 Å². The van der Waals surface area contributed by atoms with Crippen molar-refractivity contribution in [1.82, 2.24) is 0 Å². The van der Waals surface area contributed by atoms with E-state index in [2.05, 4.69) is 57.7 Å². The summed E-state index contributed by atoms with van der Waals surface area (Å²) in [4.78, 5) is 0. The molecular formula is C22H39NOS. The van der Waals surface area contributed by atoms with Crippen molar-refractivity contribution in [2.45, 2.75) is 65.7 Å². The van der Waals surface area contributed by atoms with Gasteiger partial charge in [0.2, 0.25) is 0 Å². The van der Waals surface area contributed by atoms with Crippen LogP contribution in [0, 0.1) is 11.3 Å². The average Bonchev–Trinajstić information content (AvgIpc) is 2.60.